The highest BCUT2D eigenvalue weighted by molar-refractivity contribution is 5.31. The molecule has 2 fully saturated rings. The molecule has 0 amide bonds. The quantitative estimate of drug-likeness (QED) is 0.388. The Hall–Kier alpha value is -1.12. The van der Waals surface area contributed by atoms with Gasteiger partial charge in [0.25, 0.3) is 0 Å². The second-order valence-corrected chi connectivity index (χ2v) is 8.74. The second-order valence-electron chi connectivity index (χ2n) is 8.74. The van der Waals surface area contributed by atoms with E-state index in [2.05, 4.69) is 6.92 Å². The molecule has 1 nitrogen and oxygen atoms in total. The van der Waals surface area contributed by atoms with Crippen molar-refractivity contribution in [3.63, 3.8) is 0 Å². The van der Waals surface area contributed by atoms with E-state index in [4.69, 9.17) is 4.74 Å². The molecule has 2 aliphatic carbocycles. The van der Waals surface area contributed by atoms with Crippen LogP contribution in [0.3, 0.4) is 0 Å². The molecule has 1 aromatic carbocycles. The molecule has 3 rings (SSSR count). The van der Waals surface area contributed by atoms with Crippen molar-refractivity contribution in [1.29, 1.82) is 0 Å². The van der Waals surface area contributed by atoms with Gasteiger partial charge in [0.2, 0.25) is 5.82 Å². The third-order valence-corrected chi connectivity index (χ3v) is 7.05. The summed E-state index contributed by atoms with van der Waals surface area (Å²) in [4.78, 5) is 0. The molecule has 0 radical (unpaired) electrons. The Morgan fingerprint density at radius 3 is 2.22 bits per heavy atom. The summed E-state index contributed by atoms with van der Waals surface area (Å²) >= 11 is 0. The van der Waals surface area contributed by atoms with Crippen molar-refractivity contribution in [3.05, 3.63) is 29.3 Å². The Morgan fingerprint density at radius 1 is 0.852 bits per heavy atom. The first-order valence-electron chi connectivity index (χ1n) is 11.2. The third kappa shape index (κ3) is 4.84. The minimum absolute atomic E-state index is 0.0461. The Labute approximate surface area is 163 Å². The summed E-state index contributed by atoms with van der Waals surface area (Å²) in [6.45, 7) is 4.64. The molecule has 0 heterocycles. The maximum Gasteiger partial charge on any atom is 0.200 e. The van der Waals surface area contributed by atoms with Crippen LogP contribution in [0.4, 0.5) is 8.78 Å². The average molecular weight is 379 g/mol. The molecule has 0 aromatic heterocycles. The van der Waals surface area contributed by atoms with Gasteiger partial charge in [0, 0.05) is 0 Å². The van der Waals surface area contributed by atoms with Crippen molar-refractivity contribution < 1.29 is 13.5 Å². The summed E-state index contributed by atoms with van der Waals surface area (Å²) in [7, 11) is 0. The lowest BCUT2D eigenvalue weighted by atomic mass is 9.84. The number of hydrogen-bond acceptors (Lipinski definition) is 1. The molecule has 3 heteroatoms. The minimum atomic E-state index is -0.817. The molecule has 0 N–H and O–H groups in total. The van der Waals surface area contributed by atoms with Crippen molar-refractivity contribution in [2.75, 3.05) is 6.61 Å². The fraction of sp³-hybridized carbons (Fsp3) is 0.750. The molecule has 0 bridgehead atoms. The highest BCUT2D eigenvalue weighted by atomic mass is 19.2. The zero-order chi connectivity index (χ0) is 19.2. The Balaban J connectivity index is 1.53. The Morgan fingerprint density at radius 2 is 1.56 bits per heavy atom. The lowest BCUT2D eigenvalue weighted by Crippen LogP contribution is -2.14. The summed E-state index contributed by atoms with van der Waals surface area (Å²) in [5.74, 6) is 1.88. The van der Waals surface area contributed by atoms with E-state index < -0.39 is 11.6 Å². The van der Waals surface area contributed by atoms with Gasteiger partial charge in [-0.3, -0.25) is 0 Å². The van der Waals surface area contributed by atoms with Crippen molar-refractivity contribution in [2.45, 2.75) is 84.5 Å². The van der Waals surface area contributed by atoms with Gasteiger partial charge in [0.1, 0.15) is 0 Å². The highest BCUT2D eigenvalue weighted by Gasteiger charge is 2.43. The fourth-order valence-corrected chi connectivity index (χ4v) is 5.64. The van der Waals surface area contributed by atoms with E-state index in [0.717, 1.165) is 30.6 Å². The summed E-state index contributed by atoms with van der Waals surface area (Å²) in [5.41, 5.74) is 0.511. The number of benzene rings is 1. The van der Waals surface area contributed by atoms with E-state index in [0.29, 0.717) is 24.5 Å². The van der Waals surface area contributed by atoms with E-state index in [1.54, 1.807) is 12.1 Å². The average Bonchev–Trinajstić information content (AvgIpc) is 3.25. The molecule has 2 aliphatic rings. The topological polar surface area (TPSA) is 9.23 Å². The number of hydrogen-bond donors (Lipinski definition) is 0. The molecule has 4 atom stereocenters. The second kappa shape index (κ2) is 9.89. The Bertz CT molecular complexity index is 600. The first kappa shape index (κ1) is 20.6. The molecular weight excluding hydrogens is 342 g/mol. The molecule has 1 aromatic rings. The third-order valence-electron chi connectivity index (χ3n) is 7.05. The van der Waals surface area contributed by atoms with E-state index >= 15 is 0 Å². The van der Waals surface area contributed by atoms with Crippen molar-refractivity contribution in [3.8, 4) is 5.75 Å². The van der Waals surface area contributed by atoms with Gasteiger partial charge in [0.15, 0.2) is 11.6 Å². The zero-order valence-electron chi connectivity index (χ0n) is 17.1. The van der Waals surface area contributed by atoms with Crippen LogP contribution < -0.4 is 4.74 Å². The van der Waals surface area contributed by atoms with Crippen LogP contribution in [-0.2, 0) is 6.42 Å². The van der Waals surface area contributed by atoms with Crippen LogP contribution in [0.25, 0.3) is 0 Å². The number of aryl methyl sites for hydroxylation is 1. The molecule has 2 saturated carbocycles. The van der Waals surface area contributed by atoms with Gasteiger partial charge in [-0.25, -0.2) is 4.39 Å². The highest BCUT2D eigenvalue weighted by Crippen LogP contribution is 2.53. The van der Waals surface area contributed by atoms with E-state index in [-0.39, 0.29) is 5.75 Å². The summed E-state index contributed by atoms with van der Waals surface area (Å²) in [5, 5.41) is 0. The van der Waals surface area contributed by atoms with Gasteiger partial charge < -0.3 is 4.74 Å². The lowest BCUT2D eigenvalue weighted by Gasteiger charge is -2.21. The molecule has 27 heavy (non-hydrogen) atoms. The van der Waals surface area contributed by atoms with E-state index in [1.807, 2.05) is 6.92 Å². The first-order chi connectivity index (χ1) is 13.2. The SMILES string of the molecule is CCCCCC1CCC2C(CCc3ccc(OCCC)c(F)c3F)CCC12. The summed E-state index contributed by atoms with van der Waals surface area (Å²) in [6, 6.07) is 3.32. The van der Waals surface area contributed by atoms with Crippen LogP contribution in [0.1, 0.15) is 83.6 Å². The summed E-state index contributed by atoms with van der Waals surface area (Å²) in [6.07, 6.45) is 13.2. The van der Waals surface area contributed by atoms with Gasteiger partial charge >= 0.3 is 0 Å². The van der Waals surface area contributed by atoms with Gasteiger partial charge in [-0.2, -0.15) is 4.39 Å². The molecule has 0 aliphatic heterocycles. The smallest absolute Gasteiger partial charge is 0.200 e. The van der Waals surface area contributed by atoms with Gasteiger partial charge in [-0.15, -0.1) is 0 Å². The number of unbranched alkanes of at least 4 members (excludes halogenated alkanes) is 2. The van der Waals surface area contributed by atoms with Gasteiger partial charge in [-0.05, 0) is 80.2 Å². The molecule has 4 unspecified atom stereocenters. The Kier molecular flexibility index (Phi) is 7.55. The van der Waals surface area contributed by atoms with Gasteiger partial charge in [0.05, 0.1) is 6.61 Å². The van der Waals surface area contributed by atoms with Crippen molar-refractivity contribution in [1.82, 2.24) is 0 Å². The fourth-order valence-electron chi connectivity index (χ4n) is 5.64. The lowest BCUT2D eigenvalue weighted by molar-refractivity contribution is 0.288. The molecule has 0 saturated heterocycles. The molecular formula is C24H36F2O. The monoisotopic (exact) mass is 378 g/mol. The number of halogens is 2. The maximum absolute atomic E-state index is 14.4. The predicted molar refractivity (Wildman–Crippen MR) is 107 cm³/mol. The maximum atomic E-state index is 14.4. The van der Waals surface area contributed by atoms with Crippen LogP contribution in [-0.4, -0.2) is 6.61 Å². The normalized spacial score (nSPS) is 27.1. The number of fused-ring (bicyclic) bond motifs is 1. The van der Waals surface area contributed by atoms with Gasteiger partial charge in [-0.1, -0.05) is 45.6 Å². The van der Waals surface area contributed by atoms with Crippen LogP contribution in [0.15, 0.2) is 12.1 Å². The standard InChI is InChI=1S/C24H36F2O/c1-3-5-6-7-17-10-13-21-18(11-14-20(17)21)8-9-19-12-15-22(27-16-4-2)24(26)23(19)25/h12,15,17-18,20-21H,3-11,13-14,16H2,1-2H3. The predicted octanol–water partition coefficient (Wildman–Crippen LogP) is 7.32. The number of rotatable bonds is 10. The number of ether oxygens (including phenoxy) is 1. The van der Waals surface area contributed by atoms with Crippen LogP contribution in [0, 0.1) is 35.3 Å². The first-order valence-corrected chi connectivity index (χ1v) is 11.2. The minimum Gasteiger partial charge on any atom is -0.490 e. The summed E-state index contributed by atoms with van der Waals surface area (Å²) < 4.78 is 33.9. The van der Waals surface area contributed by atoms with Crippen LogP contribution in [0.5, 0.6) is 5.75 Å². The van der Waals surface area contributed by atoms with E-state index in [1.165, 1.54) is 51.4 Å². The molecule has 152 valence electrons. The van der Waals surface area contributed by atoms with Crippen molar-refractivity contribution in [2.24, 2.45) is 23.7 Å². The largest absolute Gasteiger partial charge is 0.490 e. The molecule has 0 spiro atoms. The van der Waals surface area contributed by atoms with Crippen molar-refractivity contribution >= 4 is 0 Å². The zero-order valence-corrected chi connectivity index (χ0v) is 17.1. The van der Waals surface area contributed by atoms with Crippen LogP contribution >= 0.6 is 0 Å². The van der Waals surface area contributed by atoms with Crippen LogP contribution in [0.2, 0.25) is 0 Å². The van der Waals surface area contributed by atoms with E-state index in [9.17, 15) is 8.78 Å².